The zero-order valence-corrected chi connectivity index (χ0v) is 14.7. The van der Waals surface area contributed by atoms with Crippen LogP contribution in [0.1, 0.15) is 26.7 Å². The number of urea groups is 1. The van der Waals surface area contributed by atoms with E-state index in [1.807, 2.05) is 0 Å². The van der Waals surface area contributed by atoms with E-state index in [-0.39, 0.29) is 30.0 Å². The second-order valence-electron chi connectivity index (χ2n) is 7.02. The molecule has 0 saturated carbocycles. The third-order valence-electron chi connectivity index (χ3n) is 4.77. The zero-order valence-electron chi connectivity index (χ0n) is 14.7. The smallest absolute Gasteiger partial charge is 0.322 e. The van der Waals surface area contributed by atoms with Gasteiger partial charge >= 0.3 is 6.03 Å². The lowest BCUT2D eigenvalue weighted by Gasteiger charge is -2.38. The number of carbonyl (C=O) groups excluding carboxylic acids is 1. The van der Waals surface area contributed by atoms with E-state index in [0.717, 1.165) is 44.6 Å². The van der Waals surface area contributed by atoms with Crippen LogP contribution in [0.15, 0.2) is 18.2 Å². The van der Waals surface area contributed by atoms with Gasteiger partial charge in [0.05, 0.1) is 17.9 Å². The maximum atomic E-state index is 13.8. The average Bonchev–Trinajstić information content (AvgIpc) is 2.97. The van der Waals surface area contributed by atoms with Crippen LogP contribution in [0.5, 0.6) is 0 Å². The van der Waals surface area contributed by atoms with Gasteiger partial charge in [-0.15, -0.1) is 0 Å². The highest BCUT2D eigenvalue weighted by Gasteiger charge is 2.32. The number of anilines is 1. The van der Waals surface area contributed by atoms with Crippen molar-refractivity contribution < 1.29 is 18.3 Å². The van der Waals surface area contributed by atoms with Gasteiger partial charge in [-0.25, -0.2) is 13.6 Å². The first kappa shape index (κ1) is 18.1. The molecule has 0 aliphatic carbocycles. The number of ether oxygens (including phenoxy) is 1. The molecule has 0 aromatic heterocycles. The summed E-state index contributed by atoms with van der Waals surface area (Å²) >= 11 is 0. The van der Waals surface area contributed by atoms with Crippen LogP contribution in [-0.2, 0) is 4.74 Å². The second-order valence-corrected chi connectivity index (χ2v) is 7.02. The lowest BCUT2D eigenvalue weighted by atomic mass is 10.1. The first-order valence-corrected chi connectivity index (χ1v) is 8.83. The van der Waals surface area contributed by atoms with Crippen molar-refractivity contribution in [1.82, 2.24) is 9.80 Å². The lowest BCUT2D eigenvalue weighted by molar-refractivity contribution is -0.0712. The van der Waals surface area contributed by atoms with Gasteiger partial charge < -0.3 is 15.0 Å². The minimum atomic E-state index is -0.764. The summed E-state index contributed by atoms with van der Waals surface area (Å²) in [5, 5.41) is 2.57. The minimum absolute atomic E-state index is 0.00525. The Labute approximate surface area is 146 Å². The van der Waals surface area contributed by atoms with Crippen molar-refractivity contribution in [3.63, 3.8) is 0 Å². The summed E-state index contributed by atoms with van der Waals surface area (Å²) in [4.78, 5) is 16.6. The Kier molecular flexibility index (Phi) is 5.54. The predicted octanol–water partition coefficient (Wildman–Crippen LogP) is 3.07. The highest BCUT2D eigenvalue weighted by molar-refractivity contribution is 5.89. The SMILES string of the molecule is CC1CN(CC2CCCN2C(=O)Nc2ccc(F)cc2F)CC(C)O1. The normalized spacial score (nSPS) is 27.5. The van der Waals surface area contributed by atoms with Gasteiger partial charge in [0.1, 0.15) is 11.6 Å². The van der Waals surface area contributed by atoms with E-state index in [1.165, 1.54) is 6.07 Å². The third kappa shape index (κ3) is 4.46. The molecule has 3 rings (SSSR count). The summed E-state index contributed by atoms with van der Waals surface area (Å²) in [5.74, 6) is -1.43. The Hall–Kier alpha value is -1.73. The summed E-state index contributed by atoms with van der Waals surface area (Å²) in [6.07, 6.45) is 2.22. The number of halogens is 2. The van der Waals surface area contributed by atoms with Crippen molar-refractivity contribution in [2.75, 3.05) is 31.5 Å². The molecule has 25 heavy (non-hydrogen) atoms. The van der Waals surface area contributed by atoms with Crippen LogP contribution in [0.2, 0.25) is 0 Å². The highest BCUT2D eigenvalue weighted by atomic mass is 19.1. The molecule has 0 spiro atoms. The number of hydrogen-bond donors (Lipinski definition) is 1. The van der Waals surface area contributed by atoms with Gasteiger partial charge in [0, 0.05) is 38.3 Å². The van der Waals surface area contributed by atoms with Gasteiger partial charge in [-0.1, -0.05) is 0 Å². The summed E-state index contributed by atoms with van der Waals surface area (Å²) < 4.78 is 32.5. The van der Waals surface area contributed by atoms with Crippen molar-refractivity contribution in [3.05, 3.63) is 29.8 Å². The number of hydrogen-bond acceptors (Lipinski definition) is 3. The van der Waals surface area contributed by atoms with Crippen molar-refractivity contribution >= 4 is 11.7 Å². The number of morpholine rings is 1. The zero-order chi connectivity index (χ0) is 18.0. The Morgan fingerprint density at radius 2 is 2.00 bits per heavy atom. The van der Waals surface area contributed by atoms with E-state index < -0.39 is 11.6 Å². The summed E-state index contributed by atoms with van der Waals surface area (Å²) in [7, 11) is 0. The molecule has 3 unspecified atom stereocenters. The summed E-state index contributed by atoms with van der Waals surface area (Å²) in [5.41, 5.74) is 0.00525. The quantitative estimate of drug-likeness (QED) is 0.908. The number of benzene rings is 1. The predicted molar refractivity (Wildman–Crippen MR) is 91.6 cm³/mol. The van der Waals surface area contributed by atoms with Crippen LogP contribution in [0.25, 0.3) is 0 Å². The molecule has 0 bridgehead atoms. The molecule has 1 aromatic carbocycles. The molecule has 2 aliphatic rings. The first-order valence-electron chi connectivity index (χ1n) is 8.83. The average molecular weight is 353 g/mol. The molecule has 2 heterocycles. The molecule has 2 amide bonds. The highest BCUT2D eigenvalue weighted by Crippen LogP contribution is 2.23. The molecule has 0 radical (unpaired) electrons. The molecule has 3 atom stereocenters. The van der Waals surface area contributed by atoms with Crippen LogP contribution < -0.4 is 5.32 Å². The molecule has 138 valence electrons. The van der Waals surface area contributed by atoms with Gasteiger partial charge in [0.15, 0.2) is 0 Å². The van der Waals surface area contributed by atoms with Gasteiger partial charge in [0.2, 0.25) is 0 Å². The second kappa shape index (κ2) is 7.66. The van der Waals surface area contributed by atoms with Crippen LogP contribution in [-0.4, -0.2) is 60.3 Å². The maximum Gasteiger partial charge on any atom is 0.322 e. The third-order valence-corrected chi connectivity index (χ3v) is 4.77. The van der Waals surface area contributed by atoms with Gasteiger partial charge in [-0.2, -0.15) is 0 Å². The molecule has 7 heteroatoms. The largest absolute Gasteiger partial charge is 0.373 e. The van der Waals surface area contributed by atoms with Crippen LogP contribution >= 0.6 is 0 Å². The molecular weight excluding hydrogens is 328 g/mol. The van der Waals surface area contributed by atoms with Crippen LogP contribution in [0, 0.1) is 11.6 Å². The first-order chi connectivity index (χ1) is 11.9. The lowest BCUT2D eigenvalue weighted by Crippen LogP contribution is -2.51. The van der Waals surface area contributed by atoms with Crippen molar-refractivity contribution in [1.29, 1.82) is 0 Å². The van der Waals surface area contributed by atoms with E-state index in [0.29, 0.717) is 6.54 Å². The fraction of sp³-hybridized carbons (Fsp3) is 0.611. The van der Waals surface area contributed by atoms with Crippen LogP contribution in [0.4, 0.5) is 19.3 Å². The molecule has 1 aromatic rings. The molecule has 1 N–H and O–H groups in total. The number of rotatable bonds is 3. The monoisotopic (exact) mass is 353 g/mol. The van der Waals surface area contributed by atoms with E-state index in [1.54, 1.807) is 4.90 Å². The van der Waals surface area contributed by atoms with E-state index >= 15 is 0 Å². The maximum absolute atomic E-state index is 13.8. The number of likely N-dealkylation sites (tertiary alicyclic amines) is 1. The minimum Gasteiger partial charge on any atom is -0.373 e. The molecule has 5 nitrogen and oxygen atoms in total. The fourth-order valence-electron chi connectivity index (χ4n) is 3.80. The van der Waals surface area contributed by atoms with E-state index in [2.05, 4.69) is 24.1 Å². The Morgan fingerprint density at radius 3 is 2.68 bits per heavy atom. The fourth-order valence-corrected chi connectivity index (χ4v) is 3.80. The van der Waals surface area contributed by atoms with Crippen molar-refractivity contribution in [3.8, 4) is 0 Å². The van der Waals surface area contributed by atoms with E-state index in [4.69, 9.17) is 4.74 Å². The molecule has 2 fully saturated rings. The van der Waals surface area contributed by atoms with Crippen molar-refractivity contribution in [2.24, 2.45) is 0 Å². The Morgan fingerprint density at radius 1 is 1.28 bits per heavy atom. The number of carbonyl (C=O) groups is 1. The van der Waals surface area contributed by atoms with Crippen LogP contribution in [0.3, 0.4) is 0 Å². The number of amides is 2. The summed E-state index contributed by atoms with van der Waals surface area (Å²) in [6.45, 7) is 7.25. The number of nitrogens with zero attached hydrogens (tertiary/aromatic N) is 2. The summed E-state index contributed by atoms with van der Waals surface area (Å²) in [6, 6.07) is 2.92. The topological polar surface area (TPSA) is 44.8 Å². The standard InChI is InChI=1S/C18H25F2N3O2/c1-12-9-22(10-13(2)25-12)11-15-4-3-7-23(15)18(24)21-17-6-5-14(19)8-16(17)20/h5-6,8,12-13,15H,3-4,7,9-11H2,1-2H3,(H,21,24). The van der Waals surface area contributed by atoms with Gasteiger partial charge in [-0.05, 0) is 38.8 Å². The number of nitrogens with one attached hydrogen (secondary N) is 1. The molecule has 2 saturated heterocycles. The van der Waals surface area contributed by atoms with Crippen molar-refractivity contribution in [2.45, 2.75) is 44.9 Å². The van der Waals surface area contributed by atoms with Gasteiger partial charge in [-0.3, -0.25) is 4.90 Å². The van der Waals surface area contributed by atoms with E-state index in [9.17, 15) is 13.6 Å². The molecule has 2 aliphatic heterocycles. The van der Waals surface area contributed by atoms with Gasteiger partial charge in [0.25, 0.3) is 0 Å². The Bertz CT molecular complexity index is 618. The molecular formula is C18H25F2N3O2. The Balaban J connectivity index is 1.61.